The molecule has 2 aliphatic heterocycles. The zero-order valence-electron chi connectivity index (χ0n) is 31.6. The number of ketones is 1. The van der Waals surface area contributed by atoms with Gasteiger partial charge in [0.1, 0.15) is 18.1 Å². The van der Waals surface area contributed by atoms with Crippen LogP contribution < -0.4 is 21.3 Å². The largest absolute Gasteiger partial charge is 0.449 e. The van der Waals surface area contributed by atoms with Crippen molar-refractivity contribution in [1.82, 2.24) is 51.8 Å². The van der Waals surface area contributed by atoms with Gasteiger partial charge in [0, 0.05) is 19.2 Å². The number of rotatable bonds is 16. The fraction of sp³-hybridized carbons (Fsp3) is 0.667. The van der Waals surface area contributed by atoms with E-state index in [9.17, 15) is 28.8 Å². The Bertz CT molecular complexity index is 1620. The van der Waals surface area contributed by atoms with Gasteiger partial charge in [-0.3, -0.25) is 29.0 Å². The highest BCUT2D eigenvalue weighted by molar-refractivity contribution is 8.18. The molecule has 5 amide bonds. The number of aromatic nitrogens is 5. The summed E-state index contributed by atoms with van der Waals surface area (Å²) in [5, 5.41) is 24.5. The number of nitrogens with one attached hydrogen (secondary N) is 5. The van der Waals surface area contributed by atoms with E-state index in [-0.39, 0.29) is 36.6 Å². The average molecular weight is 801 g/mol. The lowest BCUT2D eigenvalue weighted by atomic mass is 9.83. The van der Waals surface area contributed by atoms with E-state index in [0.29, 0.717) is 25.1 Å². The van der Waals surface area contributed by atoms with E-state index >= 15 is 0 Å². The molecule has 55 heavy (non-hydrogen) atoms. The van der Waals surface area contributed by atoms with Crippen LogP contribution in [0, 0.1) is 11.8 Å². The Morgan fingerprint density at radius 1 is 1.02 bits per heavy atom. The summed E-state index contributed by atoms with van der Waals surface area (Å²) in [6, 6.07) is 1.25. The number of thioether (sulfide) groups is 2. The first-order valence-corrected chi connectivity index (χ1v) is 21.0. The maximum absolute atomic E-state index is 14.6. The van der Waals surface area contributed by atoms with Crippen molar-refractivity contribution in [3.63, 3.8) is 0 Å². The van der Waals surface area contributed by atoms with Crippen LogP contribution in [-0.4, -0.2) is 119 Å². The molecule has 2 saturated heterocycles. The third-order valence-electron chi connectivity index (χ3n) is 9.86. The number of aromatic amines is 1. The van der Waals surface area contributed by atoms with Gasteiger partial charge in [-0.25, -0.2) is 4.79 Å². The standard InChI is InChI=1S/C36H52N10O7S2/c1-4-11-25(30(48)33(50)38-19-27(47)40-29(31-42-44-45-43-31)24-14-8-9-15-37-24)39-32(49)26-18-36(54-16-10-17-55-36)21-46(26)34(51)28(23-12-6-5-7-13-23)41-35(52)53-20-22(2)3/h8-9,14-15,22-23,25-26,28-29H,4-7,10-13,16-21H2,1-3H3,(H,38,50)(H,39,49)(H,40,47)(H,41,52)(H,42,43,44,45). The molecular weight excluding hydrogens is 749 g/mol. The fourth-order valence-corrected chi connectivity index (χ4v) is 10.5. The summed E-state index contributed by atoms with van der Waals surface area (Å²) in [4.78, 5) is 87.2. The predicted molar refractivity (Wildman–Crippen MR) is 205 cm³/mol. The van der Waals surface area contributed by atoms with Gasteiger partial charge in [0.25, 0.3) is 5.91 Å². The van der Waals surface area contributed by atoms with E-state index in [1.54, 1.807) is 52.8 Å². The maximum Gasteiger partial charge on any atom is 0.407 e. The van der Waals surface area contributed by atoms with Gasteiger partial charge >= 0.3 is 6.09 Å². The van der Waals surface area contributed by atoms with Crippen LogP contribution in [0.15, 0.2) is 24.4 Å². The lowest BCUT2D eigenvalue weighted by Crippen LogP contribution is -2.58. The van der Waals surface area contributed by atoms with Gasteiger partial charge in [-0.15, -0.1) is 33.7 Å². The normalized spacial score (nSPS) is 19.9. The molecule has 2 aromatic rings. The van der Waals surface area contributed by atoms with Crippen LogP contribution in [-0.2, 0) is 28.7 Å². The quantitative estimate of drug-likeness (QED) is 0.154. The minimum absolute atomic E-state index is 0.110. The Kier molecular flexibility index (Phi) is 15.3. The number of tetrazole rings is 1. The van der Waals surface area contributed by atoms with Gasteiger partial charge in [0.05, 0.1) is 29.0 Å². The highest BCUT2D eigenvalue weighted by Gasteiger charge is 2.52. The number of likely N-dealkylation sites (tertiary alicyclic amines) is 1. The lowest BCUT2D eigenvalue weighted by Gasteiger charge is -2.35. The van der Waals surface area contributed by atoms with Crippen molar-refractivity contribution >= 4 is 59.0 Å². The summed E-state index contributed by atoms with van der Waals surface area (Å²) in [6.07, 6.45) is 7.33. The molecule has 19 heteroatoms. The summed E-state index contributed by atoms with van der Waals surface area (Å²) < 4.78 is 5.00. The second kappa shape index (κ2) is 20.1. The predicted octanol–water partition coefficient (Wildman–Crippen LogP) is 2.27. The summed E-state index contributed by atoms with van der Waals surface area (Å²) in [5.41, 5.74) is 0.434. The van der Waals surface area contributed by atoms with Crippen LogP contribution in [0.4, 0.5) is 4.79 Å². The van der Waals surface area contributed by atoms with Gasteiger partial charge in [-0.1, -0.05) is 57.7 Å². The smallest absolute Gasteiger partial charge is 0.407 e. The monoisotopic (exact) mass is 800 g/mol. The number of pyridine rings is 1. The molecule has 300 valence electrons. The SMILES string of the molecule is CCCC(NC(=O)C1CC2(CN1C(=O)C(NC(=O)OCC(C)C)C1CCCCC1)SCCCS2)C(=O)C(=O)NCC(=O)NC(c1ccccn1)c1nn[nH]n1. The number of carbonyl (C=O) groups is 6. The second-order valence-electron chi connectivity index (χ2n) is 14.6. The van der Waals surface area contributed by atoms with Gasteiger partial charge in [0.2, 0.25) is 29.3 Å². The molecule has 4 unspecified atom stereocenters. The molecule has 2 aromatic heterocycles. The van der Waals surface area contributed by atoms with E-state index in [1.807, 2.05) is 20.8 Å². The first-order valence-electron chi connectivity index (χ1n) is 19.1. The van der Waals surface area contributed by atoms with Crippen LogP contribution in [0.5, 0.6) is 0 Å². The maximum atomic E-state index is 14.6. The third-order valence-corrected chi connectivity index (χ3v) is 13.2. The number of amides is 5. The number of nitrogens with zero attached hydrogens (tertiary/aromatic N) is 5. The number of hydrogen-bond acceptors (Lipinski definition) is 13. The average Bonchev–Trinajstić information content (AvgIpc) is 3.86. The molecule has 4 heterocycles. The van der Waals surface area contributed by atoms with Crippen molar-refractivity contribution in [2.24, 2.45) is 11.8 Å². The highest BCUT2D eigenvalue weighted by atomic mass is 32.2. The molecule has 3 fully saturated rings. The van der Waals surface area contributed by atoms with Crippen LogP contribution in [0.2, 0.25) is 0 Å². The molecule has 17 nitrogen and oxygen atoms in total. The molecule has 0 aromatic carbocycles. The Morgan fingerprint density at radius 3 is 2.44 bits per heavy atom. The zero-order valence-corrected chi connectivity index (χ0v) is 33.2. The van der Waals surface area contributed by atoms with Crippen molar-refractivity contribution in [2.75, 3.05) is 31.2 Å². The van der Waals surface area contributed by atoms with Gasteiger partial charge in [0.15, 0.2) is 0 Å². The minimum atomic E-state index is -1.19. The summed E-state index contributed by atoms with van der Waals surface area (Å²) in [7, 11) is 0. The fourth-order valence-electron chi connectivity index (χ4n) is 7.12. The van der Waals surface area contributed by atoms with E-state index in [0.717, 1.165) is 50.0 Å². The number of alkyl carbamates (subject to hydrolysis) is 1. The molecule has 5 N–H and O–H groups in total. The van der Waals surface area contributed by atoms with Gasteiger partial charge in [-0.05, 0) is 61.2 Å². The number of ether oxygens (including phenoxy) is 1. The Labute approximate surface area is 329 Å². The third kappa shape index (κ3) is 11.4. The number of carbonyl (C=O) groups excluding carboxylic acids is 6. The first-order chi connectivity index (χ1) is 26.5. The van der Waals surface area contributed by atoms with Crippen LogP contribution in [0.25, 0.3) is 0 Å². The first kappa shape index (κ1) is 41.9. The second-order valence-corrected chi connectivity index (χ2v) is 17.8. The van der Waals surface area contributed by atoms with E-state index in [4.69, 9.17) is 4.74 Å². The summed E-state index contributed by atoms with van der Waals surface area (Å²) in [5.74, 6) is -1.55. The number of Topliss-reactive ketones (excluding diaryl/α,β-unsaturated/α-hetero) is 1. The lowest BCUT2D eigenvalue weighted by molar-refractivity contribution is -0.143. The molecular formula is C36H52N10O7S2. The molecule has 1 spiro atoms. The molecule has 3 aliphatic rings. The van der Waals surface area contributed by atoms with Crippen LogP contribution >= 0.6 is 23.5 Å². The molecule has 5 rings (SSSR count). The Hall–Kier alpha value is -4.26. The number of H-pyrrole nitrogens is 1. The van der Waals surface area contributed by atoms with E-state index < -0.39 is 64.4 Å². The van der Waals surface area contributed by atoms with Crippen molar-refractivity contribution in [1.29, 1.82) is 0 Å². The van der Waals surface area contributed by atoms with Crippen LogP contribution in [0.3, 0.4) is 0 Å². The summed E-state index contributed by atoms with van der Waals surface area (Å²) >= 11 is 3.46. The van der Waals surface area contributed by atoms with Crippen molar-refractivity contribution < 1.29 is 33.5 Å². The van der Waals surface area contributed by atoms with Gasteiger partial charge in [-0.2, -0.15) is 5.21 Å². The van der Waals surface area contributed by atoms with E-state index in [2.05, 4.69) is 46.9 Å². The molecule has 4 atom stereocenters. The van der Waals surface area contributed by atoms with Crippen molar-refractivity contribution in [3.05, 3.63) is 35.9 Å². The highest BCUT2D eigenvalue weighted by Crippen LogP contribution is 2.50. The van der Waals surface area contributed by atoms with Gasteiger partial charge < -0.3 is 30.9 Å². The minimum Gasteiger partial charge on any atom is -0.449 e. The van der Waals surface area contributed by atoms with Crippen LogP contribution in [0.1, 0.15) is 96.1 Å². The Morgan fingerprint density at radius 2 is 1.78 bits per heavy atom. The van der Waals surface area contributed by atoms with Crippen molar-refractivity contribution in [2.45, 2.75) is 107 Å². The number of hydrogen-bond donors (Lipinski definition) is 5. The summed E-state index contributed by atoms with van der Waals surface area (Å²) in [6.45, 7) is 5.65. The zero-order chi connectivity index (χ0) is 39.4. The molecule has 1 aliphatic carbocycles. The molecule has 1 saturated carbocycles. The Balaban J connectivity index is 1.27. The van der Waals surface area contributed by atoms with E-state index in [1.165, 1.54) is 0 Å². The van der Waals surface area contributed by atoms with Crippen molar-refractivity contribution in [3.8, 4) is 0 Å². The molecule has 0 bridgehead atoms. The molecule has 0 radical (unpaired) electrons. The topological polar surface area (TPSA) is 230 Å².